The van der Waals surface area contributed by atoms with Crippen LogP contribution in [-0.2, 0) is 0 Å². The smallest absolute Gasteiger partial charge is 0.243 e. The van der Waals surface area contributed by atoms with E-state index < -0.39 is 0 Å². The van der Waals surface area contributed by atoms with Crippen LogP contribution in [0.25, 0.3) is 0 Å². The summed E-state index contributed by atoms with van der Waals surface area (Å²) in [4.78, 5) is 4.33. The Hall–Kier alpha value is -1.23. The van der Waals surface area contributed by atoms with Gasteiger partial charge in [0.05, 0.1) is 11.4 Å². The molecular formula is C10H17N5. The number of nitrogens with zero attached hydrogens (tertiary/aromatic N) is 3. The van der Waals surface area contributed by atoms with E-state index >= 15 is 0 Å². The fourth-order valence-electron chi connectivity index (χ4n) is 1.55. The van der Waals surface area contributed by atoms with Gasteiger partial charge in [0.2, 0.25) is 5.95 Å². The van der Waals surface area contributed by atoms with Crippen molar-refractivity contribution >= 4 is 5.95 Å². The van der Waals surface area contributed by atoms with E-state index in [-0.39, 0.29) is 0 Å². The van der Waals surface area contributed by atoms with E-state index in [1.165, 1.54) is 12.8 Å². The maximum Gasteiger partial charge on any atom is 0.243 e. The van der Waals surface area contributed by atoms with E-state index in [0.717, 1.165) is 11.4 Å². The summed E-state index contributed by atoms with van der Waals surface area (Å²) in [6, 6.07) is 0.300. The minimum Gasteiger partial charge on any atom is -0.349 e. The van der Waals surface area contributed by atoms with Gasteiger partial charge in [-0.15, -0.1) is 5.10 Å². The Balaban J connectivity index is 2.05. The predicted octanol–water partition coefficient (Wildman–Crippen LogP) is 0.638. The van der Waals surface area contributed by atoms with Crippen molar-refractivity contribution in [3.8, 4) is 0 Å². The molecule has 1 saturated carbocycles. The van der Waals surface area contributed by atoms with Crippen LogP contribution in [0.3, 0.4) is 0 Å². The molecule has 1 fully saturated rings. The van der Waals surface area contributed by atoms with Crippen LogP contribution in [0.5, 0.6) is 0 Å². The van der Waals surface area contributed by atoms with Crippen LogP contribution in [0.2, 0.25) is 0 Å². The summed E-state index contributed by atoms with van der Waals surface area (Å²) in [5.41, 5.74) is 7.48. The van der Waals surface area contributed by atoms with Gasteiger partial charge in [-0.05, 0) is 32.6 Å². The number of hydrogen-bond donors (Lipinski definition) is 2. The molecular weight excluding hydrogens is 190 g/mol. The molecule has 2 rings (SSSR count). The number of aryl methyl sites for hydroxylation is 2. The number of nitrogens with two attached hydrogens (primary N) is 1. The van der Waals surface area contributed by atoms with Crippen LogP contribution < -0.4 is 11.1 Å². The normalized spacial score (nSPS) is 17.5. The molecule has 1 atom stereocenters. The molecule has 5 heteroatoms. The quantitative estimate of drug-likeness (QED) is 0.757. The van der Waals surface area contributed by atoms with E-state index in [1.54, 1.807) is 0 Å². The third-order valence-corrected chi connectivity index (χ3v) is 2.85. The number of nitrogens with one attached hydrogen (secondary N) is 1. The van der Waals surface area contributed by atoms with Gasteiger partial charge in [-0.3, -0.25) is 0 Å². The third-order valence-electron chi connectivity index (χ3n) is 2.85. The molecule has 0 spiro atoms. The molecule has 1 aromatic heterocycles. The molecule has 1 heterocycles. The first-order valence-electron chi connectivity index (χ1n) is 5.35. The van der Waals surface area contributed by atoms with Crippen molar-refractivity contribution in [2.75, 3.05) is 11.9 Å². The summed E-state index contributed by atoms with van der Waals surface area (Å²) >= 11 is 0. The highest BCUT2D eigenvalue weighted by atomic mass is 15.2. The van der Waals surface area contributed by atoms with Gasteiger partial charge in [-0.25, -0.2) is 4.98 Å². The Bertz CT molecular complexity index is 348. The molecule has 0 aliphatic heterocycles. The average molecular weight is 207 g/mol. The lowest BCUT2D eigenvalue weighted by Crippen LogP contribution is -2.31. The minimum atomic E-state index is 0.300. The Morgan fingerprint density at radius 2 is 2.07 bits per heavy atom. The van der Waals surface area contributed by atoms with E-state index in [4.69, 9.17) is 5.73 Å². The Morgan fingerprint density at radius 1 is 1.33 bits per heavy atom. The summed E-state index contributed by atoms with van der Waals surface area (Å²) in [5.74, 6) is 1.29. The van der Waals surface area contributed by atoms with Gasteiger partial charge in [0, 0.05) is 12.6 Å². The zero-order valence-electron chi connectivity index (χ0n) is 9.20. The number of hydrogen-bond acceptors (Lipinski definition) is 5. The molecule has 5 nitrogen and oxygen atoms in total. The second-order valence-electron chi connectivity index (χ2n) is 4.13. The lowest BCUT2D eigenvalue weighted by atomic mass is 10.2. The molecule has 1 aromatic rings. The van der Waals surface area contributed by atoms with Gasteiger partial charge in [0.1, 0.15) is 0 Å². The van der Waals surface area contributed by atoms with Gasteiger partial charge >= 0.3 is 0 Å². The summed E-state index contributed by atoms with van der Waals surface area (Å²) in [6.07, 6.45) is 2.51. The number of anilines is 1. The maximum absolute atomic E-state index is 5.69. The van der Waals surface area contributed by atoms with Crippen LogP contribution in [0.15, 0.2) is 0 Å². The molecule has 1 aliphatic rings. The molecule has 1 unspecified atom stereocenters. The van der Waals surface area contributed by atoms with Gasteiger partial charge in [-0.1, -0.05) is 0 Å². The third kappa shape index (κ3) is 2.41. The SMILES string of the molecule is Cc1nnc(NC(CN)C2CC2)nc1C. The average Bonchev–Trinajstić information content (AvgIpc) is 3.03. The van der Waals surface area contributed by atoms with Crippen molar-refractivity contribution in [1.29, 1.82) is 0 Å². The molecule has 0 saturated heterocycles. The first-order valence-corrected chi connectivity index (χ1v) is 5.35. The zero-order valence-corrected chi connectivity index (χ0v) is 9.20. The second kappa shape index (κ2) is 4.10. The van der Waals surface area contributed by atoms with Gasteiger partial charge in [-0.2, -0.15) is 5.10 Å². The standard InChI is InChI=1S/C10H17N5/c1-6-7(2)14-15-10(12-6)13-9(5-11)8-3-4-8/h8-9H,3-5,11H2,1-2H3,(H,12,13,15). The highest BCUT2D eigenvalue weighted by molar-refractivity contribution is 5.27. The van der Waals surface area contributed by atoms with Gasteiger partial charge in [0.15, 0.2) is 0 Å². The van der Waals surface area contributed by atoms with Crippen LogP contribution in [-0.4, -0.2) is 27.8 Å². The van der Waals surface area contributed by atoms with Crippen molar-refractivity contribution in [1.82, 2.24) is 15.2 Å². The minimum absolute atomic E-state index is 0.300. The molecule has 0 amide bonds. The van der Waals surface area contributed by atoms with E-state index in [1.807, 2.05) is 13.8 Å². The molecule has 3 N–H and O–H groups in total. The first kappa shape index (κ1) is 10.3. The summed E-state index contributed by atoms with van der Waals surface area (Å²) in [6.45, 7) is 4.46. The predicted molar refractivity (Wildman–Crippen MR) is 58.5 cm³/mol. The molecule has 0 radical (unpaired) electrons. The van der Waals surface area contributed by atoms with Crippen molar-refractivity contribution < 1.29 is 0 Å². The number of aromatic nitrogens is 3. The molecule has 0 bridgehead atoms. The number of rotatable bonds is 4. The van der Waals surface area contributed by atoms with E-state index in [0.29, 0.717) is 24.5 Å². The second-order valence-corrected chi connectivity index (χ2v) is 4.13. The van der Waals surface area contributed by atoms with Crippen LogP contribution in [0.1, 0.15) is 24.2 Å². The van der Waals surface area contributed by atoms with Gasteiger partial charge < -0.3 is 11.1 Å². The fourth-order valence-corrected chi connectivity index (χ4v) is 1.55. The maximum atomic E-state index is 5.69. The fraction of sp³-hybridized carbons (Fsp3) is 0.700. The zero-order chi connectivity index (χ0) is 10.8. The van der Waals surface area contributed by atoms with Crippen molar-refractivity contribution in [2.45, 2.75) is 32.7 Å². The lowest BCUT2D eigenvalue weighted by Gasteiger charge is -2.15. The van der Waals surface area contributed by atoms with E-state index in [2.05, 4.69) is 20.5 Å². The highest BCUT2D eigenvalue weighted by Crippen LogP contribution is 2.33. The monoisotopic (exact) mass is 207 g/mol. The molecule has 82 valence electrons. The van der Waals surface area contributed by atoms with Crippen LogP contribution in [0.4, 0.5) is 5.95 Å². The van der Waals surface area contributed by atoms with E-state index in [9.17, 15) is 0 Å². The molecule has 0 aromatic carbocycles. The summed E-state index contributed by atoms with van der Waals surface area (Å²) in [5, 5.41) is 11.3. The Kier molecular flexibility index (Phi) is 2.81. The Morgan fingerprint density at radius 3 is 2.60 bits per heavy atom. The first-order chi connectivity index (χ1) is 7.20. The van der Waals surface area contributed by atoms with Crippen molar-refractivity contribution in [2.24, 2.45) is 11.7 Å². The van der Waals surface area contributed by atoms with Crippen molar-refractivity contribution in [3.05, 3.63) is 11.4 Å². The van der Waals surface area contributed by atoms with Crippen molar-refractivity contribution in [3.63, 3.8) is 0 Å². The lowest BCUT2D eigenvalue weighted by molar-refractivity contribution is 0.635. The van der Waals surface area contributed by atoms with Crippen LogP contribution >= 0.6 is 0 Å². The summed E-state index contributed by atoms with van der Waals surface area (Å²) in [7, 11) is 0. The summed E-state index contributed by atoms with van der Waals surface area (Å²) < 4.78 is 0. The largest absolute Gasteiger partial charge is 0.349 e. The highest BCUT2D eigenvalue weighted by Gasteiger charge is 2.30. The van der Waals surface area contributed by atoms with Crippen LogP contribution in [0, 0.1) is 19.8 Å². The van der Waals surface area contributed by atoms with Gasteiger partial charge in [0.25, 0.3) is 0 Å². The molecule has 15 heavy (non-hydrogen) atoms. The molecule has 1 aliphatic carbocycles. The Labute approximate surface area is 89.5 Å². The topological polar surface area (TPSA) is 76.7 Å².